The number of nitrogens with zero attached hydrogens (tertiary/aromatic N) is 2. The third-order valence-electron chi connectivity index (χ3n) is 10.6. The fraction of sp³-hybridized carbons (Fsp3) is 0.0213. The van der Waals surface area contributed by atoms with Crippen LogP contribution in [-0.4, -0.2) is 9.97 Å². The van der Waals surface area contributed by atoms with Gasteiger partial charge in [-0.2, -0.15) is 0 Å². The van der Waals surface area contributed by atoms with E-state index in [-0.39, 0.29) is 0 Å². The van der Waals surface area contributed by atoms with Crippen molar-refractivity contribution < 1.29 is 9.15 Å². The molecule has 0 atom stereocenters. The van der Waals surface area contributed by atoms with Crippen LogP contribution in [0.25, 0.3) is 67.0 Å². The van der Waals surface area contributed by atoms with E-state index in [0.29, 0.717) is 5.82 Å². The van der Waals surface area contributed by atoms with Gasteiger partial charge in [0.2, 0.25) is 0 Å². The molecular formula is C47H28N2O2. The highest BCUT2D eigenvalue weighted by Crippen LogP contribution is 2.62. The molecule has 1 spiro atoms. The monoisotopic (exact) mass is 652 g/mol. The second-order valence-corrected chi connectivity index (χ2v) is 13.3. The van der Waals surface area contributed by atoms with Gasteiger partial charge < -0.3 is 9.15 Å². The van der Waals surface area contributed by atoms with E-state index in [1.54, 1.807) is 0 Å². The van der Waals surface area contributed by atoms with Gasteiger partial charge in [0.1, 0.15) is 22.7 Å². The van der Waals surface area contributed by atoms with E-state index in [2.05, 4.69) is 133 Å². The van der Waals surface area contributed by atoms with Crippen LogP contribution in [0, 0.1) is 0 Å². The molecule has 0 bridgehead atoms. The second-order valence-electron chi connectivity index (χ2n) is 13.3. The molecule has 1 aliphatic heterocycles. The molecule has 2 aliphatic rings. The van der Waals surface area contributed by atoms with Crippen LogP contribution >= 0.6 is 0 Å². The van der Waals surface area contributed by atoms with Crippen LogP contribution in [0.1, 0.15) is 22.3 Å². The molecule has 0 saturated heterocycles. The van der Waals surface area contributed by atoms with Gasteiger partial charge in [0.25, 0.3) is 0 Å². The smallest absolute Gasteiger partial charge is 0.160 e. The maximum atomic E-state index is 6.73. The number of ether oxygens (including phenoxy) is 1. The van der Waals surface area contributed by atoms with Crippen LogP contribution in [0.3, 0.4) is 0 Å². The van der Waals surface area contributed by atoms with Crippen LogP contribution in [0.5, 0.6) is 11.5 Å². The molecule has 0 fully saturated rings. The topological polar surface area (TPSA) is 48.2 Å². The van der Waals surface area contributed by atoms with Gasteiger partial charge in [-0.15, -0.1) is 0 Å². The minimum atomic E-state index is -0.530. The van der Waals surface area contributed by atoms with Gasteiger partial charge in [-0.25, -0.2) is 9.97 Å². The standard InChI is InChI=1S/C47H28N2O2/c1-3-13-29(14-4-1)40-28-41(49-46(48-40)30-15-5-2-6-16-30)31-23-24-33-35-26-39-34(27-45(35)51-44(33)25-31)32-17-7-8-18-36(32)47(39)37-19-9-11-21-42(37)50-43-22-12-10-20-38(43)47/h1-28H. The molecule has 3 heterocycles. The molecule has 0 N–H and O–H groups in total. The maximum Gasteiger partial charge on any atom is 0.160 e. The molecule has 2 aromatic heterocycles. The average Bonchev–Trinajstić information content (AvgIpc) is 3.70. The summed E-state index contributed by atoms with van der Waals surface area (Å²) in [5.41, 5.74) is 13.1. The molecule has 9 aromatic rings. The third kappa shape index (κ3) is 4.02. The summed E-state index contributed by atoms with van der Waals surface area (Å²) >= 11 is 0. The number of hydrogen-bond acceptors (Lipinski definition) is 4. The molecule has 51 heavy (non-hydrogen) atoms. The molecule has 11 rings (SSSR count). The number of fused-ring (bicyclic) bond motifs is 12. The summed E-state index contributed by atoms with van der Waals surface area (Å²) in [6, 6.07) is 59.3. The Morgan fingerprint density at radius 2 is 0.980 bits per heavy atom. The SMILES string of the molecule is c1ccc(-c2cc(-c3ccc4c(c3)oc3cc5c(cc34)C3(c4ccccc4Oc4ccccc43)c3ccccc3-5)nc(-c3ccccc3)n2)cc1. The van der Waals surface area contributed by atoms with Crippen molar-refractivity contribution in [2.24, 2.45) is 0 Å². The first kappa shape index (κ1) is 28.1. The van der Waals surface area contributed by atoms with E-state index in [1.165, 1.54) is 22.3 Å². The molecule has 0 radical (unpaired) electrons. The van der Waals surface area contributed by atoms with Gasteiger partial charge in [0, 0.05) is 38.6 Å². The van der Waals surface area contributed by atoms with Crippen LogP contribution in [-0.2, 0) is 5.41 Å². The summed E-state index contributed by atoms with van der Waals surface area (Å²) in [5.74, 6) is 2.46. The highest BCUT2D eigenvalue weighted by atomic mass is 16.5. The van der Waals surface area contributed by atoms with Crippen LogP contribution in [0.4, 0.5) is 0 Å². The Hall–Kier alpha value is -6.78. The fourth-order valence-corrected chi connectivity index (χ4v) is 8.35. The number of para-hydroxylation sites is 2. The zero-order valence-corrected chi connectivity index (χ0v) is 27.4. The molecule has 4 nitrogen and oxygen atoms in total. The maximum absolute atomic E-state index is 6.73. The average molecular weight is 653 g/mol. The fourth-order valence-electron chi connectivity index (χ4n) is 8.35. The van der Waals surface area contributed by atoms with E-state index in [1.807, 2.05) is 36.4 Å². The molecule has 4 heteroatoms. The number of aromatic nitrogens is 2. The minimum absolute atomic E-state index is 0.530. The van der Waals surface area contributed by atoms with Crippen molar-refractivity contribution >= 4 is 21.9 Å². The van der Waals surface area contributed by atoms with E-state index in [4.69, 9.17) is 19.1 Å². The molecule has 7 aromatic carbocycles. The Morgan fingerprint density at radius 3 is 1.71 bits per heavy atom. The Labute approximate surface area is 294 Å². The molecule has 0 saturated carbocycles. The highest BCUT2D eigenvalue weighted by molar-refractivity contribution is 6.09. The first-order valence-corrected chi connectivity index (χ1v) is 17.2. The molecule has 238 valence electrons. The van der Waals surface area contributed by atoms with Crippen LogP contribution in [0.15, 0.2) is 174 Å². The van der Waals surface area contributed by atoms with Gasteiger partial charge in [-0.1, -0.05) is 127 Å². The number of rotatable bonds is 3. The quantitative estimate of drug-likeness (QED) is 0.191. The normalized spacial score (nSPS) is 13.4. The summed E-state index contributed by atoms with van der Waals surface area (Å²) in [5, 5.41) is 2.15. The Bertz CT molecular complexity index is 2730. The van der Waals surface area contributed by atoms with Crippen molar-refractivity contribution in [3.63, 3.8) is 0 Å². The van der Waals surface area contributed by atoms with Gasteiger partial charge in [0.05, 0.1) is 16.8 Å². The molecule has 0 unspecified atom stereocenters. The molecule has 1 aliphatic carbocycles. The summed E-state index contributed by atoms with van der Waals surface area (Å²) in [4.78, 5) is 10.1. The highest BCUT2D eigenvalue weighted by Gasteiger charge is 2.51. The minimum Gasteiger partial charge on any atom is -0.457 e. The lowest BCUT2D eigenvalue weighted by Crippen LogP contribution is -2.32. The first-order valence-electron chi connectivity index (χ1n) is 17.2. The third-order valence-corrected chi connectivity index (χ3v) is 10.6. The van der Waals surface area contributed by atoms with Gasteiger partial charge in [0.15, 0.2) is 5.82 Å². The summed E-state index contributed by atoms with van der Waals surface area (Å²) in [6.45, 7) is 0. The lowest BCUT2D eigenvalue weighted by atomic mass is 9.66. The van der Waals surface area contributed by atoms with Crippen LogP contribution in [0.2, 0.25) is 0 Å². The van der Waals surface area contributed by atoms with Crippen molar-refractivity contribution in [3.8, 4) is 56.5 Å². The van der Waals surface area contributed by atoms with Crippen molar-refractivity contribution in [1.82, 2.24) is 9.97 Å². The van der Waals surface area contributed by atoms with Crippen molar-refractivity contribution in [2.75, 3.05) is 0 Å². The van der Waals surface area contributed by atoms with E-state index in [9.17, 15) is 0 Å². The van der Waals surface area contributed by atoms with Crippen molar-refractivity contribution in [2.45, 2.75) is 5.41 Å². The Balaban J connectivity index is 1.13. The lowest BCUT2D eigenvalue weighted by Gasteiger charge is -2.39. The Kier molecular flexibility index (Phi) is 5.84. The zero-order valence-electron chi connectivity index (χ0n) is 27.4. The second kappa shape index (κ2) is 10.6. The van der Waals surface area contributed by atoms with E-state index in [0.717, 1.165) is 72.6 Å². The predicted octanol–water partition coefficient (Wildman–Crippen LogP) is 11.8. The molecule has 0 amide bonds. The van der Waals surface area contributed by atoms with E-state index < -0.39 is 5.41 Å². The van der Waals surface area contributed by atoms with E-state index >= 15 is 0 Å². The molecular weight excluding hydrogens is 625 g/mol. The summed E-state index contributed by atoms with van der Waals surface area (Å²) < 4.78 is 13.3. The van der Waals surface area contributed by atoms with Crippen LogP contribution < -0.4 is 4.74 Å². The summed E-state index contributed by atoms with van der Waals surface area (Å²) in [6.07, 6.45) is 0. The number of hydrogen-bond donors (Lipinski definition) is 0. The largest absolute Gasteiger partial charge is 0.457 e. The van der Waals surface area contributed by atoms with Crippen molar-refractivity contribution in [3.05, 3.63) is 192 Å². The lowest BCUT2D eigenvalue weighted by molar-refractivity contribution is 0.436. The number of furan rings is 1. The Morgan fingerprint density at radius 1 is 0.392 bits per heavy atom. The number of benzene rings is 7. The van der Waals surface area contributed by atoms with Gasteiger partial charge in [-0.05, 0) is 64.7 Å². The van der Waals surface area contributed by atoms with Gasteiger partial charge in [-0.3, -0.25) is 0 Å². The predicted molar refractivity (Wildman–Crippen MR) is 203 cm³/mol. The zero-order chi connectivity index (χ0) is 33.5. The van der Waals surface area contributed by atoms with Crippen molar-refractivity contribution in [1.29, 1.82) is 0 Å². The first-order chi connectivity index (χ1) is 25.3. The summed E-state index contributed by atoms with van der Waals surface area (Å²) in [7, 11) is 0. The van der Waals surface area contributed by atoms with Gasteiger partial charge >= 0.3 is 0 Å².